The van der Waals surface area contributed by atoms with E-state index in [0.717, 1.165) is 31.0 Å². The molecule has 0 spiro atoms. The van der Waals surface area contributed by atoms with E-state index in [1.807, 2.05) is 0 Å². The van der Waals surface area contributed by atoms with E-state index in [1.165, 1.54) is 32.1 Å². The van der Waals surface area contributed by atoms with Crippen molar-refractivity contribution in [3.63, 3.8) is 0 Å². The maximum absolute atomic E-state index is 9.22. The van der Waals surface area contributed by atoms with Gasteiger partial charge in [-0.15, -0.1) is 0 Å². The molecule has 1 unspecified atom stereocenters. The molecule has 1 aliphatic carbocycles. The lowest BCUT2D eigenvalue weighted by Gasteiger charge is -2.36. The molecule has 1 aliphatic heterocycles. The summed E-state index contributed by atoms with van der Waals surface area (Å²) in [5.41, 5.74) is 0. The fraction of sp³-hybridized carbons (Fsp3) is 0.923. The van der Waals surface area contributed by atoms with Gasteiger partial charge in [-0.3, -0.25) is 0 Å². The minimum absolute atomic E-state index is 0.294. The molecule has 4 heteroatoms. The molecular weight excluding hydrogens is 232 g/mol. The van der Waals surface area contributed by atoms with E-state index in [2.05, 4.69) is 10.2 Å². The summed E-state index contributed by atoms with van der Waals surface area (Å²) in [6, 6.07) is 0.589. The molecule has 1 saturated carbocycles. The predicted molar refractivity (Wildman–Crippen MR) is 74.0 cm³/mol. The summed E-state index contributed by atoms with van der Waals surface area (Å²) < 4.78 is 0. The van der Waals surface area contributed by atoms with Gasteiger partial charge in [0.1, 0.15) is 0 Å². The van der Waals surface area contributed by atoms with Crippen molar-refractivity contribution >= 4 is 17.3 Å². The Morgan fingerprint density at radius 2 is 1.94 bits per heavy atom. The summed E-state index contributed by atoms with van der Waals surface area (Å²) in [5, 5.41) is 13.6. The SMILES string of the molecule is OCC1CCCN(C(=S)NC2CCCCC2)C1. The highest BCUT2D eigenvalue weighted by Crippen LogP contribution is 2.19. The Morgan fingerprint density at radius 3 is 2.65 bits per heavy atom. The molecule has 0 aromatic heterocycles. The second-order valence-electron chi connectivity index (χ2n) is 5.42. The van der Waals surface area contributed by atoms with Crippen molar-refractivity contribution in [2.45, 2.75) is 51.0 Å². The molecule has 2 N–H and O–H groups in total. The van der Waals surface area contributed by atoms with Gasteiger partial charge in [-0.2, -0.15) is 0 Å². The number of hydrogen-bond acceptors (Lipinski definition) is 2. The molecule has 0 bridgehead atoms. The maximum Gasteiger partial charge on any atom is 0.169 e. The number of likely N-dealkylation sites (tertiary alicyclic amines) is 1. The van der Waals surface area contributed by atoms with Crippen molar-refractivity contribution in [1.82, 2.24) is 10.2 Å². The first-order valence-electron chi connectivity index (χ1n) is 6.96. The van der Waals surface area contributed by atoms with Crippen LogP contribution in [-0.4, -0.2) is 40.9 Å². The topological polar surface area (TPSA) is 35.5 Å². The van der Waals surface area contributed by atoms with E-state index in [1.54, 1.807) is 0 Å². The first-order chi connectivity index (χ1) is 8.29. The zero-order valence-electron chi connectivity index (χ0n) is 10.5. The van der Waals surface area contributed by atoms with Gasteiger partial charge in [0.15, 0.2) is 5.11 Å². The predicted octanol–water partition coefficient (Wildman–Crippen LogP) is 1.90. The zero-order chi connectivity index (χ0) is 12.1. The van der Waals surface area contributed by atoms with Crippen molar-refractivity contribution in [3.8, 4) is 0 Å². The quantitative estimate of drug-likeness (QED) is 0.740. The second-order valence-corrected chi connectivity index (χ2v) is 5.81. The first kappa shape index (κ1) is 13.1. The molecule has 17 heavy (non-hydrogen) atoms. The molecule has 0 radical (unpaired) electrons. The third-order valence-corrected chi connectivity index (χ3v) is 4.37. The smallest absolute Gasteiger partial charge is 0.169 e. The Bertz CT molecular complexity index is 254. The molecule has 2 rings (SSSR count). The summed E-state index contributed by atoms with van der Waals surface area (Å²) in [4.78, 5) is 2.24. The summed E-state index contributed by atoms with van der Waals surface area (Å²) in [6.07, 6.45) is 8.85. The van der Waals surface area contributed by atoms with Crippen molar-refractivity contribution < 1.29 is 5.11 Å². The highest BCUT2D eigenvalue weighted by molar-refractivity contribution is 7.80. The third-order valence-electron chi connectivity index (χ3n) is 4.00. The molecule has 0 aromatic carbocycles. The van der Waals surface area contributed by atoms with Crippen LogP contribution in [0.15, 0.2) is 0 Å². The molecule has 1 heterocycles. The van der Waals surface area contributed by atoms with E-state index in [4.69, 9.17) is 12.2 Å². The largest absolute Gasteiger partial charge is 0.396 e. The number of nitrogens with one attached hydrogen (secondary N) is 1. The van der Waals surface area contributed by atoms with Crippen molar-refractivity contribution in [2.24, 2.45) is 5.92 Å². The first-order valence-corrected chi connectivity index (χ1v) is 7.36. The van der Waals surface area contributed by atoms with Crippen molar-refractivity contribution in [2.75, 3.05) is 19.7 Å². The fourth-order valence-electron chi connectivity index (χ4n) is 2.91. The molecule has 3 nitrogen and oxygen atoms in total. The van der Waals surface area contributed by atoms with Crippen molar-refractivity contribution in [3.05, 3.63) is 0 Å². The summed E-state index contributed by atoms with van der Waals surface area (Å²) in [7, 11) is 0. The van der Waals surface area contributed by atoms with Crippen molar-refractivity contribution in [1.29, 1.82) is 0 Å². The standard InChI is InChI=1S/C13H24N2OS/c16-10-11-5-4-8-15(9-11)13(17)14-12-6-2-1-3-7-12/h11-12,16H,1-10H2,(H,14,17). The maximum atomic E-state index is 9.22. The number of rotatable bonds is 2. The normalized spacial score (nSPS) is 26.9. The lowest BCUT2D eigenvalue weighted by atomic mass is 9.95. The van der Waals surface area contributed by atoms with Gasteiger partial charge in [-0.25, -0.2) is 0 Å². The van der Waals surface area contributed by atoms with Gasteiger partial charge in [0.2, 0.25) is 0 Å². The van der Waals surface area contributed by atoms with E-state index in [-0.39, 0.29) is 0 Å². The molecule has 2 fully saturated rings. The molecule has 1 atom stereocenters. The van der Waals surface area contributed by atoms with Crippen LogP contribution in [0.3, 0.4) is 0 Å². The molecule has 0 amide bonds. The number of nitrogens with zero attached hydrogens (tertiary/aromatic N) is 1. The Morgan fingerprint density at radius 1 is 1.18 bits per heavy atom. The highest BCUT2D eigenvalue weighted by Gasteiger charge is 2.22. The van der Waals surface area contributed by atoms with E-state index in [0.29, 0.717) is 18.6 Å². The molecule has 98 valence electrons. The van der Waals surface area contributed by atoms with Crippen LogP contribution in [0, 0.1) is 5.92 Å². The van der Waals surface area contributed by atoms with Gasteiger partial charge in [0.25, 0.3) is 0 Å². The van der Waals surface area contributed by atoms with E-state index < -0.39 is 0 Å². The minimum atomic E-state index is 0.294. The molecular formula is C13H24N2OS. The Labute approximate surface area is 110 Å². The Hall–Kier alpha value is -0.350. The monoisotopic (exact) mass is 256 g/mol. The molecule has 1 saturated heterocycles. The number of piperidine rings is 1. The van der Waals surface area contributed by atoms with Gasteiger partial charge < -0.3 is 15.3 Å². The molecule has 2 aliphatic rings. The highest BCUT2D eigenvalue weighted by atomic mass is 32.1. The molecule has 0 aromatic rings. The lowest BCUT2D eigenvalue weighted by molar-refractivity contribution is 0.159. The number of aliphatic hydroxyl groups excluding tert-OH is 1. The second kappa shape index (κ2) is 6.55. The average molecular weight is 256 g/mol. The summed E-state index contributed by atoms with van der Waals surface area (Å²) in [5.74, 6) is 0.412. The number of thiocarbonyl (C=S) groups is 1. The average Bonchev–Trinajstić information content (AvgIpc) is 2.40. The van der Waals surface area contributed by atoms with Crippen LogP contribution in [0.4, 0.5) is 0 Å². The van der Waals surface area contributed by atoms with Gasteiger partial charge in [0.05, 0.1) is 0 Å². The van der Waals surface area contributed by atoms with Crippen LogP contribution >= 0.6 is 12.2 Å². The van der Waals surface area contributed by atoms with Crippen LogP contribution in [0.25, 0.3) is 0 Å². The lowest BCUT2D eigenvalue weighted by Crippen LogP contribution is -2.49. The van der Waals surface area contributed by atoms with Gasteiger partial charge in [0, 0.05) is 25.7 Å². The van der Waals surface area contributed by atoms with Crippen LogP contribution < -0.4 is 5.32 Å². The van der Waals surface area contributed by atoms with E-state index >= 15 is 0 Å². The zero-order valence-corrected chi connectivity index (χ0v) is 11.3. The summed E-state index contributed by atoms with van der Waals surface area (Å²) in [6.45, 7) is 2.27. The summed E-state index contributed by atoms with van der Waals surface area (Å²) >= 11 is 5.49. The van der Waals surface area contributed by atoms with E-state index in [9.17, 15) is 5.11 Å². The number of aliphatic hydroxyl groups is 1. The number of hydrogen-bond donors (Lipinski definition) is 2. The Balaban J connectivity index is 1.78. The van der Waals surface area contributed by atoms with Crippen LogP contribution in [0.1, 0.15) is 44.9 Å². The minimum Gasteiger partial charge on any atom is -0.396 e. The Kier molecular flexibility index (Phi) is 5.04. The van der Waals surface area contributed by atoms with Gasteiger partial charge in [-0.1, -0.05) is 19.3 Å². The van der Waals surface area contributed by atoms with Crippen LogP contribution in [0.5, 0.6) is 0 Å². The fourth-order valence-corrected chi connectivity index (χ4v) is 3.24. The van der Waals surface area contributed by atoms with Crippen LogP contribution in [0.2, 0.25) is 0 Å². The van der Waals surface area contributed by atoms with Gasteiger partial charge >= 0.3 is 0 Å². The van der Waals surface area contributed by atoms with Crippen LogP contribution in [-0.2, 0) is 0 Å². The third kappa shape index (κ3) is 3.81. The van der Waals surface area contributed by atoms with Gasteiger partial charge in [-0.05, 0) is 43.8 Å².